The standard InChI is InChI=1S/C21H34N4O2.HI/c1-5-21(11-8-12-21)16-24-20(22-6-2)23-14-17-9-7-10-18(13-17)27-15-19(26)25(3)4;/h7,9-10,13H,5-6,8,11-12,14-16H2,1-4H3,(H2,22,23,24);1H. The van der Waals surface area contributed by atoms with Crippen LogP contribution in [0, 0.1) is 5.41 Å². The zero-order chi connectivity index (χ0) is 19.7. The Bertz CT molecular complexity index is 640. The molecule has 0 unspecified atom stereocenters. The van der Waals surface area contributed by atoms with Gasteiger partial charge >= 0.3 is 0 Å². The van der Waals surface area contributed by atoms with Crippen LogP contribution >= 0.6 is 24.0 Å². The summed E-state index contributed by atoms with van der Waals surface area (Å²) < 4.78 is 5.58. The van der Waals surface area contributed by atoms with Crippen LogP contribution in [0.5, 0.6) is 5.75 Å². The van der Waals surface area contributed by atoms with E-state index in [9.17, 15) is 4.79 Å². The van der Waals surface area contributed by atoms with Crippen LogP contribution in [0.2, 0.25) is 0 Å². The van der Waals surface area contributed by atoms with E-state index in [2.05, 4.69) is 24.5 Å². The van der Waals surface area contributed by atoms with Crippen molar-refractivity contribution < 1.29 is 9.53 Å². The van der Waals surface area contributed by atoms with Gasteiger partial charge in [-0.15, -0.1) is 24.0 Å². The second-order valence-electron chi connectivity index (χ2n) is 7.48. The first kappa shape index (κ1) is 24.5. The van der Waals surface area contributed by atoms with Gasteiger partial charge in [-0.1, -0.05) is 25.5 Å². The van der Waals surface area contributed by atoms with E-state index in [1.807, 2.05) is 24.3 Å². The van der Waals surface area contributed by atoms with Crippen molar-refractivity contribution in [2.45, 2.75) is 46.1 Å². The second-order valence-corrected chi connectivity index (χ2v) is 7.48. The number of guanidine groups is 1. The summed E-state index contributed by atoms with van der Waals surface area (Å²) in [5.74, 6) is 1.49. The normalized spacial score (nSPS) is 15.1. The molecule has 1 aliphatic carbocycles. The Labute approximate surface area is 186 Å². The van der Waals surface area contributed by atoms with Crippen LogP contribution in [0.1, 0.15) is 45.1 Å². The molecule has 0 saturated heterocycles. The Morgan fingerprint density at radius 2 is 2.00 bits per heavy atom. The van der Waals surface area contributed by atoms with E-state index in [4.69, 9.17) is 9.73 Å². The summed E-state index contributed by atoms with van der Waals surface area (Å²) in [6.07, 6.45) is 5.17. The van der Waals surface area contributed by atoms with E-state index >= 15 is 0 Å². The highest BCUT2D eigenvalue weighted by atomic mass is 127. The number of ether oxygens (including phenoxy) is 1. The average Bonchev–Trinajstić information content (AvgIpc) is 2.63. The van der Waals surface area contributed by atoms with Gasteiger partial charge in [0.2, 0.25) is 0 Å². The molecular formula is C21H35IN4O2. The molecule has 2 N–H and O–H groups in total. The number of hydrogen-bond donors (Lipinski definition) is 2. The van der Waals surface area contributed by atoms with Crippen LogP contribution < -0.4 is 15.4 Å². The predicted octanol–water partition coefficient (Wildman–Crippen LogP) is 3.41. The van der Waals surface area contributed by atoms with E-state index in [-0.39, 0.29) is 36.5 Å². The Morgan fingerprint density at radius 1 is 1.25 bits per heavy atom. The Kier molecular flexibility index (Phi) is 10.6. The average molecular weight is 502 g/mol. The quantitative estimate of drug-likeness (QED) is 0.309. The minimum atomic E-state index is -0.0575. The number of nitrogens with zero attached hydrogens (tertiary/aromatic N) is 2. The van der Waals surface area contributed by atoms with E-state index in [0.29, 0.717) is 17.7 Å². The molecule has 7 heteroatoms. The number of rotatable bonds is 9. The van der Waals surface area contributed by atoms with Gasteiger partial charge in [0.1, 0.15) is 5.75 Å². The zero-order valence-electron chi connectivity index (χ0n) is 17.6. The van der Waals surface area contributed by atoms with Gasteiger partial charge < -0.3 is 20.3 Å². The molecule has 0 radical (unpaired) electrons. The van der Waals surface area contributed by atoms with Gasteiger partial charge in [0.05, 0.1) is 6.54 Å². The van der Waals surface area contributed by atoms with Crippen LogP contribution in [-0.4, -0.2) is 50.6 Å². The number of likely N-dealkylation sites (N-methyl/N-ethyl adjacent to an activating group) is 1. The van der Waals surface area contributed by atoms with Gasteiger partial charge in [-0.25, -0.2) is 4.99 Å². The molecule has 1 amide bonds. The van der Waals surface area contributed by atoms with E-state index in [0.717, 1.165) is 24.6 Å². The molecule has 0 aromatic heterocycles. The van der Waals surface area contributed by atoms with Crippen molar-refractivity contribution in [2.24, 2.45) is 10.4 Å². The summed E-state index contributed by atoms with van der Waals surface area (Å²) in [6, 6.07) is 7.75. The summed E-state index contributed by atoms with van der Waals surface area (Å²) in [6.45, 7) is 6.77. The fraction of sp³-hybridized carbons (Fsp3) is 0.619. The van der Waals surface area contributed by atoms with Gasteiger partial charge in [-0.2, -0.15) is 0 Å². The van der Waals surface area contributed by atoms with Crippen molar-refractivity contribution >= 4 is 35.8 Å². The lowest BCUT2D eigenvalue weighted by Crippen LogP contribution is -2.46. The lowest BCUT2D eigenvalue weighted by Gasteiger charge is -2.41. The maximum Gasteiger partial charge on any atom is 0.259 e. The van der Waals surface area contributed by atoms with Crippen molar-refractivity contribution in [3.05, 3.63) is 29.8 Å². The summed E-state index contributed by atoms with van der Waals surface area (Å²) in [7, 11) is 3.44. The van der Waals surface area contributed by atoms with E-state index in [1.165, 1.54) is 30.6 Å². The predicted molar refractivity (Wildman–Crippen MR) is 125 cm³/mol. The van der Waals surface area contributed by atoms with Crippen LogP contribution in [0.3, 0.4) is 0 Å². The molecule has 1 aliphatic rings. The lowest BCUT2D eigenvalue weighted by molar-refractivity contribution is -0.130. The van der Waals surface area contributed by atoms with Crippen molar-refractivity contribution in [3.8, 4) is 5.75 Å². The summed E-state index contributed by atoms with van der Waals surface area (Å²) >= 11 is 0. The number of carbonyl (C=O) groups excluding carboxylic acids is 1. The highest BCUT2D eigenvalue weighted by Gasteiger charge is 2.34. The highest BCUT2D eigenvalue weighted by molar-refractivity contribution is 14.0. The number of benzene rings is 1. The maximum absolute atomic E-state index is 11.7. The van der Waals surface area contributed by atoms with Crippen LogP contribution in [-0.2, 0) is 11.3 Å². The third kappa shape index (κ3) is 7.48. The van der Waals surface area contributed by atoms with Gasteiger partial charge in [0.25, 0.3) is 5.91 Å². The maximum atomic E-state index is 11.7. The van der Waals surface area contributed by atoms with Gasteiger partial charge in [-0.05, 0) is 49.3 Å². The topological polar surface area (TPSA) is 66.0 Å². The molecule has 28 heavy (non-hydrogen) atoms. The SMILES string of the molecule is CCNC(=NCc1cccc(OCC(=O)N(C)C)c1)NCC1(CC)CCC1.I. The van der Waals surface area contributed by atoms with Crippen LogP contribution in [0.25, 0.3) is 0 Å². The molecular weight excluding hydrogens is 467 g/mol. The first-order chi connectivity index (χ1) is 13.0. The number of carbonyl (C=O) groups is 1. The number of hydrogen-bond acceptors (Lipinski definition) is 3. The fourth-order valence-electron chi connectivity index (χ4n) is 3.12. The molecule has 158 valence electrons. The number of halogens is 1. The Balaban J connectivity index is 0.00000392. The van der Waals surface area contributed by atoms with Crippen LogP contribution in [0.15, 0.2) is 29.3 Å². The Morgan fingerprint density at radius 3 is 2.57 bits per heavy atom. The molecule has 1 aromatic rings. The minimum Gasteiger partial charge on any atom is -0.484 e. The monoisotopic (exact) mass is 502 g/mol. The molecule has 6 nitrogen and oxygen atoms in total. The smallest absolute Gasteiger partial charge is 0.259 e. The van der Waals surface area contributed by atoms with E-state index < -0.39 is 0 Å². The van der Waals surface area contributed by atoms with E-state index in [1.54, 1.807) is 14.1 Å². The van der Waals surface area contributed by atoms with Crippen molar-refractivity contribution in [1.29, 1.82) is 0 Å². The van der Waals surface area contributed by atoms with Crippen LogP contribution in [0.4, 0.5) is 0 Å². The summed E-state index contributed by atoms with van der Waals surface area (Å²) in [5.41, 5.74) is 1.50. The first-order valence-corrected chi connectivity index (χ1v) is 9.92. The third-order valence-corrected chi connectivity index (χ3v) is 5.32. The molecule has 0 bridgehead atoms. The van der Waals surface area contributed by atoms with Gasteiger partial charge in [0.15, 0.2) is 12.6 Å². The summed E-state index contributed by atoms with van der Waals surface area (Å²) in [5, 5.41) is 6.83. The minimum absolute atomic E-state index is 0. The Hall–Kier alpha value is -1.51. The molecule has 1 aromatic carbocycles. The molecule has 1 fully saturated rings. The molecule has 0 heterocycles. The van der Waals surface area contributed by atoms with Crippen molar-refractivity contribution in [1.82, 2.24) is 15.5 Å². The first-order valence-electron chi connectivity index (χ1n) is 9.92. The third-order valence-electron chi connectivity index (χ3n) is 5.32. The van der Waals surface area contributed by atoms with Gasteiger partial charge in [0, 0.05) is 27.2 Å². The largest absolute Gasteiger partial charge is 0.484 e. The van der Waals surface area contributed by atoms with Crippen molar-refractivity contribution in [2.75, 3.05) is 33.8 Å². The summed E-state index contributed by atoms with van der Waals surface area (Å²) in [4.78, 5) is 17.9. The number of aliphatic imine (C=N–C) groups is 1. The molecule has 0 aliphatic heterocycles. The number of nitrogens with one attached hydrogen (secondary N) is 2. The molecule has 0 spiro atoms. The molecule has 1 saturated carbocycles. The van der Waals surface area contributed by atoms with Gasteiger partial charge in [-0.3, -0.25) is 4.79 Å². The second kappa shape index (κ2) is 12.1. The lowest BCUT2D eigenvalue weighted by atomic mass is 9.67. The molecule has 2 rings (SSSR count). The zero-order valence-corrected chi connectivity index (χ0v) is 19.9. The fourth-order valence-corrected chi connectivity index (χ4v) is 3.12. The molecule has 0 atom stereocenters. The highest BCUT2D eigenvalue weighted by Crippen LogP contribution is 2.42. The number of amides is 1. The van der Waals surface area contributed by atoms with Crippen molar-refractivity contribution in [3.63, 3.8) is 0 Å².